The highest BCUT2D eigenvalue weighted by Crippen LogP contribution is 2.10. The van der Waals surface area contributed by atoms with Crippen LogP contribution in [0.1, 0.15) is 39.5 Å². The summed E-state index contributed by atoms with van der Waals surface area (Å²) in [6.45, 7) is 11.6. The minimum atomic E-state index is -0.111. The monoisotopic (exact) mass is 252 g/mol. The second kappa shape index (κ2) is 9.45. The first kappa shape index (κ1) is 16.4. The van der Waals surface area contributed by atoms with E-state index in [-0.39, 0.29) is 17.9 Å². The minimum Gasteiger partial charge on any atom is -0.350 e. The molecule has 4 nitrogen and oxygen atoms in total. The molecule has 0 aliphatic carbocycles. The first-order valence-corrected chi connectivity index (χ1v) is 6.36. The van der Waals surface area contributed by atoms with Gasteiger partial charge in [-0.2, -0.15) is 0 Å². The third-order valence-electron chi connectivity index (χ3n) is 2.45. The van der Waals surface area contributed by atoms with E-state index in [0.717, 1.165) is 19.4 Å². The Hall–Kier alpha value is -1.58. The van der Waals surface area contributed by atoms with E-state index in [2.05, 4.69) is 18.5 Å². The summed E-state index contributed by atoms with van der Waals surface area (Å²) in [4.78, 5) is 23.2. The summed E-state index contributed by atoms with van der Waals surface area (Å²) in [6.07, 6.45) is 6.94. The van der Waals surface area contributed by atoms with E-state index in [4.69, 9.17) is 0 Å². The van der Waals surface area contributed by atoms with E-state index in [1.165, 1.54) is 12.5 Å². The Labute approximate surface area is 110 Å². The summed E-state index contributed by atoms with van der Waals surface area (Å²) in [5.74, 6) is 0.118. The van der Waals surface area contributed by atoms with Gasteiger partial charge in [-0.1, -0.05) is 19.6 Å². The van der Waals surface area contributed by atoms with Crippen molar-refractivity contribution in [2.24, 2.45) is 0 Å². The molecule has 4 heteroatoms. The van der Waals surface area contributed by atoms with Crippen molar-refractivity contribution in [1.82, 2.24) is 10.2 Å². The zero-order valence-corrected chi connectivity index (χ0v) is 11.4. The number of nitrogens with one attached hydrogen (secondary N) is 1. The Morgan fingerprint density at radius 1 is 1.33 bits per heavy atom. The molecule has 1 saturated heterocycles. The maximum Gasteiger partial charge on any atom is 0.243 e. The van der Waals surface area contributed by atoms with Crippen LogP contribution in [0.2, 0.25) is 0 Å². The SMILES string of the molecule is C=CC(=O)NC(C)C.C=CN1CCCCCC1=O. The van der Waals surface area contributed by atoms with Gasteiger partial charge in [-0.25, -0.2) is 0 Å². The van der Waals surface area contributed by atoms with Crippen molar-refractivity contribution in [1.29, 1.82) is 0 Å². The maximum absolute atomic E-state index is 11.1. The van der Waals surface area contributed by atoms with Crippen molar-refractivity contribution >= 4 is 11.8 Å². The van der Waals surface area contributed by atoms with Crippen LogP contribution in [0.4, 0.5) is 0 Å². The number of rotatable bonds is 3. The lowest BCUT2D eigenvalue weighted by molar-refractivity contribution is -0.128. The van der Waals surface area contributed by atoms with Crippen molar-refractivity contribution in [3.05, 3.63) is 25.4 Å². The van der Waals surface area contributed by atoms with Crippen LogP contribution >= 0.6 is 0 Å². The molecule has 0 aromatic carbocycles. The molecule has 0 spiro atoms. The minimum absolute atomic E-state index is 0.111. The third kappa shape index (κ3) is 7.65. The zero-order valence-electron chi connectivity index (χ0n) is 11.4. The Balaban J connectivity index is 0.000000331. The van der Waals surface area contributed by atoms with Crippen LogP contribution in [-0.2, 0) is 9.59 Å². The molecule has 0 aromatic heterocycles. The van der Waals surface area contributed by atoms with E-state index < -0.39 is 0 Å². The molecule has 0 saturated carbocycles. The number of hydrogen-bond donors (Lipinski definition) is 1. The number of carbonyl (C=O) groups excluding carboxylic acids is 2. The predicted octanol–water partition coefficient (Wildman–Crippen LogP) is 2.23. The molecule has 0 radical (unpaired) electrons. The average Bonchev–Trinajstić information content (AvgIpc) is 2.53. The van der Waals surface area contributed by atoms with Gasteiger partial charge in [0.1, 0.15) is 0 Å². The second-order valence-corrected chi connectivity index (χ2v) is 4.45. The van der Waals surface area contributed by atoms with Crippen LogP contribution in [0, 0.1) is 0 Å². The average molecular weight is 252 g/mol. The molecule has 0 unspecified atom stereocenters. The van der Waals surface area contributed by atoms with Crippen molar-refractivity contribution in [2.45, 2.75) is 45.6 Å². The number of amides is 2. The predicted molar refractivity (Wildman–Crippen MR) is 73.9 cm³/mol. The highest BCUT2D eigenvalue weighted by molar-refractivity contribution is 5.86. The largest absolute Gasteiger partial charge is 0.350 e. The Morgan fingerprint density at radius 3 is 2.44 bits per heavy atom. The Morgan fingerprint density at radius 2 is 2.00 bits per heavy atom. The molecular weight excluding hydrogens is 228 g/mol. The van der Waals surface area contributed by atoms with Crippen LogP contribution in [0.25, 0.3) is 0 Å². The lowest BCUT2D eigenvalue weighted by Crippen LogP contribution is -2.27. The maximum atomic E-state index is 11.1. The van der Waals surface area contributed by atoms with Gasteiger partial charge in [0, 0.05) is 19.0 Å². The van der Waals surface area contributed by atoms with Crippen LogP contribution in [0.5, 0.6) is 0 Å². The summed E-state index contributed by atoms with van der Waals surface area (Å²) in [5, 5.41) is 2.64. The van der Waals surface area contributed by atoms with E-state index in [1.807, 2.05) is 13.8 Å². The van der Waals surface area contributed by atoms with Gasteiger partial charge < -0.3 is 10.2 Å². The molecule has 0 aromatic rings. The topological polar surface area (TPSA) is 49.4 Å². The fourth-order valence-electron chi connectivity index (χ4n) is 1.54. The van der Waals surface area contributed by atoms with Crippen molar-refractivity contribution in [2.75, 3.05) is 6.54 Å². The highest BCUT2D eigenvalue weighted by Gasteiger charge is 2.12. The Kier molecular flexibility index (Phi) is 8.62. The molecule has 1 rings (SSSR count). The summed E-state index contributed by atoms with van der Waals surface area (Å²) in [5.41, 5.74) is 0. The molecule has 1 aliphatic rings. The van der Waals surface area contributed by atoms with Gasteiger partial charge in [-0.05, 0) is 39.0 Å². The molecule has 18 heavy (non-hydrogen) atoms. The van der Waals surface area contributed by atoms with E-state index >= 15 is 0 Å². The number of nitrogens with zero attached hydrogens (tertiary/aromatic N) is 1. The molecule has 1 aliphatic heterocycles. The van der Waals surface area contributed by atoms with E-state index in [9.17, 15) is 9.59 Å². The number of hydrogen-bond acceptors (Lipinski definition) is 2. The number of carbonyl (C=O) groups is 2. The molecule has 2 amide bonds. The van der Waals surface area contributed by atoms with Gasteiger partial charge in [0.05, 0.1) is 0 Å². The Bertz CT molecular complexity index is 298. The smallest absolute Gasteiger partial charge is 0.243 e. The molecule has 1 N–H and O–H groups in total. The number of likely N-dealkylation sites (tertiary alicyclic amines) is 1. The normalized spacial score (nSPS) is 15.3. The lowest BCUT2D eigenvalue weighted by Gasteiger charge is -2.13. The summed E-state index contributed by atoms with van der Waals surface area (Å²) in [7, 11) is 0. The first-order chi connectivity index (χ1) is 8.51. The van der Waals surface area contributed by atoms with Crippen LogP contribution in [0.15, 0.2) is 25.4 Å². The summed E-state index contributed by atoms with van der Waals surface area (Å²) < 4.78 is 0. The van der Waals surface area contributed by atoms with Gasteiger partial charge in [-0.15, -0.1) is 0 Å². The molecule has 0 bridgehead atoms. The van der Waals surface area contributed by atoms with Crippen LogP contribution < -0.4 is 5.32 Å². The standard InChI is InChI=1S/C8H13NO.C6H11NO/c1-2-9-7-5-3-4-6-8(9)10;1-4-6(8)7-5(2)3/h2H,1,3-7H2;4-5H,1H2,2-3H3,(H,7,8). The summed E-state index contributed by atoms with van der Waals surface area (Å²) >= 11 is 0. The van der Waals surface area contributed by atoms with Crippen molar-refractivity contribution < 1.29 is 9.59 Å². The highest BCUT2D eigenvalue weighted by atomic mass is 16.2. The second-order valence-electron chi connectivity index (χ2n) is 4.45. The van der Waals surface area contributed by atoms with Gasteiger partial charge in [0.15, 0.2) is 0 Å². The van der Waals surface area contributed by atoms with Gasteiger partial charge in [0.25, 0.3) is 0 Å². The molecular formula is C14H24N2O2. The first-order valence-electron chi connectivity index (χ1n) is 6.36. The molecule has 102 valence electrons. The van der Waals surface area contributed by atoms with Crippen molar-refractivity contribution in [3.8, 4) is 0 Å². The molecule has 0 atom stereocenters. The third-order valence-corrected chi connectivity index (χ3v) is 2.45. The lowest BCUT2D eigenvalue weighted by atomic mass is 10.2. The van der Waals surface area contributed by atoms with E-state index in [0.29, 0.717) is 6.42 Å². The fourth-order valence-corrected chi connectivity index (χ4v) is 1.54. The molecule has 1 fully saturated rings. The molecule has 1 heterocycles. The fraction of sp³-hybridized carbons (Fsp3) is 0.571. The van der Waals surface area contributed by atoms with Gasteiger partial charge in [-0.3, -0.25) is 9.59 Å². The van der Waals surface area contributed by atoms with E-state index in [1.54, 1.807) is 11.1 Å². The van der Waals surface area contributed by atoms with Gasteiger partial charge in [0.2, 0.25) is 11.8 Å². The zero-order chi connectivity index (χ0) is 14.0. The quantitative estimate of drug-likeness (QED) is 0.783. The van der Waals surface area contributed by atoms with Crippen LogP contribution in [-0.4, -0.2) is 29.3 Å². The van der Waals surface area contributed by atoms with Crippen molar-refractivity contribution in [3.63, 3.8) is 0 Å². The summed E-state index contributed by atoms with van der Waals surface area (Å²) in [6, 6.07) is 0.209. The van der Waals surface area contributed by atoms with Gasteiger partial charge >= 0.3 is 0 Å². The van der Waals surface area contributed by atoms with Crippen LogP contribution in [0.3, 0.4) is 0 Å².